The second kappa shape index (κ2) is 12.8. The van der Waals surface area contributed by atoms with Crippen LogP contribution in [0.1, 0.15) is 82.0 Å². The molecule has 3 aliphatic carbocycles. The quantitative estimate of drug-likeness (QED) is 0.231. The molecule has 3 aliphatic rings. The van der Waals surface area contributed by atoms with Crippen molar-refractivity contribution in [2.45, 2.75) is 83.5 Å². The van der Waals surface area contributed by atoms with Crippen LogP contribution in [0.5, 0.6) is 5.88 Å². The maximum absolute atomic E-state index is 15.4. The average molecular weight is 701 g/mol. The highest BCUT2D eigenvalue weighted by molar-refractivity contribution is 6.74. The minimum Gasteiger partial charge on any atom is -0.508 e. The van der Waals surface area contributed by atoms with Crippen LogP contribution in [0.2, 0.25) is 18.1 Å². The van der Waals surface area contributed by atoms with E-state index in [4.69, 9.17) is 13.7 Å². The van der Waals surface area contributed by atoms with Crippen LogP contribution in [-0.4, -0.2) is 75.9 Å². The molecule has 2 aromatic carbocycles. The Morgan fingerprint density at radius 1 is 1.10 bits per heavy atom. The number of Topliss-reactive ketones (excluding diaryl/α,β-unsaturated/α-hetero) is 2. The molecule has 1 heterocycles. The van der Waals surface area contributed by atoms with E-state index in [0.717, 1.165) is 27.9 Å². The predicted molar refractivity (Wildman–Crippen MR) is 197 cm³/mol. The molecule has 268 valence electrons. The van der Waals surface area contributed by atoms with Gasteiger partial charge in [0.05, 0.1) is 6.04 Å². The summed E-state index contributed by atoms with van der Waals surface area (Å²) in [6, 6.07) is 11.2. The Hall–Kier alpha value is -3.77. The van der Waals surface area contributed by atoms with Crippen molar-refractivity contribution in [3.05, 3.63) is 86.9 Å². The summed E-state index contributed by atoms with van der Waals surface area (Å²) in [6.45, 7) is 13.2. The molecule has 50 heavy (non-hydrogen) atoms. The highest BCUT2D eigenvalue weighted by Crippen LogP contribution is 2.60. The van der Waals surface area contributed by atoms with E-state index in [9.17, 15) is 9.90 Å². The van der Waals surface area contributed by atoms with E-state index >= 15 is 4.79 Å². The summed E-state index contributed by atoms with van der Waals surface area (Å²) in [6.07, 6.45) is 0.971. The third-order valence-corrected chi connectivity index (χ3v) is 15.8. The van der Waals surface area contributed by atoms with Crippen LogP contribution in [0.15, 0.2) is 52.3 Å². The van der Waals surface area contributed by atoms with E-state index < -0.39 is 31.7 Å². The molecule has 0 saturated heterocycles. The van der Waals surface area contributed by atoms with Gasteiger partial charge in [0, 0.05) is 43.4 Å². The Morgan fingerprint density at radius 2 is 1.78 bits per heavy atom. The molecule has 0 amide bonds. The van der Waals surface area contributed by atoms with Gasteiger partial charge in [-0.25, -0.2) is 0 Å². The minimum atomic E-state index is -2.80. The number of anilines is 1. The number of aliphatic hydroxyl groups is 1. The molecule has 0 aliphatic heterocycles. The van der Waals surface area contributed by atoms with E-state index in [0.29, 0.717) is 30.7 Å². The Bertz CT molecular complexity index is 1860. The van der Waals surface area contributed by atoms with E-state index in [-0.39, 0.29) is 46.1 Å². The summed E-state index contributed by atoms with van der Waals surface area (Å²) >= 11 is 0. The van der Waals surface area contributed by atoms with Crippen LogP contribution in [0, 0.1) is 18.8 Å². The van der Waals surface area contributed by atoms with Gasteiger partial charge < -0.3 is 29.0 Å². The minimum absolute atomic E-state index is 0.0566. The van der Waals surface area contributed by atoms with Crippen LogP contribution >= 0.6 is 0 Å². The van der Waals surface area contributed by atoms with Crippen molar-refractivity contribution in [3.63, 3.8) is 0 Å². The topological polar surface area (TPSA) is 117 Å². The van der Waals surface area contributed by atoms with E-state index in [1.165, 1.54) is 0 Å². The smallest absolute Gasteiger partial charge is 0.265 e. The van der Waals surface area contributed by atoms with Gasteiger partial charge in [0.25, 0.3) is 5.88 Å². The summed E-state index contributed by atoms with van der Waals surface area (Å²) < 4.78 is 19.5. The Kier molecular flexibility index (Phi) is 9.20. The molecule has 0 bridgehead atoms. The van der Waals surface area contributed by atoms with Crippen molar-refractivity contribution in [1.82, 2.24) is 15.4 Å². The largest absolute Gasteiger partial charge is 0.508 e. The number of aromatic nitrogens is 1. The number of fused-ring (bicyclic) bond motifs is 4. The first kappa shape index (κ1) is 36.0. The summed E-state index contributed by atoms with van der Waals surface area (Å²) in [5, 5.41) is 20.1. The van der Waals surface area contributed by atoms with Gasteiger partial charge in [-0.05, 0) is 92.4 Å². The van der Waals surface area contributed by atoms with Crippen LogP contribution in [0.25, 0.3) is 0 Å². The SMILES string of the molecule is CNCc1cc(C)c2c(c1N(C)C)C[C@H]1C[C@H]3[C@H](N(C)C)c4onc(OCc5ccccc5)c4C(=O)[C@@]3(O[Si](C)(C)C(C)(C)C)C(O)=C1C2=O. The van der Waals surface area contributed by atoms with Gasteiger partial charge in [-0.1, -0.05) is 57.2 Å². The van der Waals surface area contributed by atoms with Crippen molar-refractivity contribution in [3.8, 4) is 5.88 Å². The molecule has 1 aromatic heterocycles. The van der Waals surface area contributed by atoms with Crippen LogP contribution in [0.3, 0.4) is 0 Å². The number of ketones is 2. The lowest BCUT2D eigenvalue weighted by Gasteiger charge is -2.55. The fourth-order valence-electron chi connectivity index (χ4n) is 8.21. The van der Waals surface area contributed by atoms with E-state index in [2.05, 4.69) is 55.3 Å². The van der Waals surface area contributed by atoms with Crippen molar-refractivity contribution in [2.24, 2.45) is 11.8 Å². The van der Waals surface area contributed by atoms with E-state index in [1.807, 2.05) is 77.4 Å². The van der Waals surface area contributed by atoms with Gasteiger partial charge in [0.2, 0.25) is 5.78 Å². The molecule has 10 nitrogen and oxygen atoms in total. The molecular weight excluding hydrogens is 649 g/mol. The third-order valence-electron chi connectivity index (χ3n) is 11.4. The molecule has 3 aromatic rings. The highest BCUT2D eigenvalue weighted by Gasteiger charge is 2.67. The lowest BCUT2D eigenvalue weighted by Crippen LogP contribution is -2.65. The molecule has 11 heteroatoms. The number of benzene rings is 2. The fraction of sp³-hybridized carbons (Fsp3) is 0.513. The number of ether oxygens (including phenoxy) is 1. The van der Waals surface area contributed by atoms with Crippen molar-refractivity contribution in [2.75, 3.05) is 40.1 Å². The number of carbonyl (C=O) groups is 2. The predicted octanol–water partition coefficient (Wildman–Crippen LogP) is 6.79. The number of hydrogen-bond donors (Lipinski definition) is 2. The molecule has 0 radical (unpaired) electrons. The average Bonchev–Trinajstić information content (AvgIpc) is 3.44. The summed E-state index contributed by atoms with van der Waals surface area (Å²) in [7, 11) is 6.99. The summed E-state index contributed by atoms with van der Waals surface area (Å²) in [5.74, 6) is -1.46. The van der Waals surface area contributed by atoms with Gasteiger partial charge in [-0.15, -0.1) is 0 Å². The van der Waals surface area contributed by atoms with Gasteiger partial charge >= 0.3 is 0 Å². The number of nitrogens with zero attached hydrogens (tertiary/aromatic N) is 3. The first-order valence-electron chi connectivity index (χ1n) is 17.5. The number of aryl methyl sites for hydroxylation is 1. The molecule has 0 fully saturated rings. The first-order chi connectivity index (χ1) is 23.5. The zero-order chi connectivity index (χ0) is 36.5. The number of hydrogen-bond acceptors (Lipinski definition) is 10. The normalized spacial score (nSPS) is 23.4. The standard InChI is InChI=1S/C39H52N4O6Si/c1-22-17-25(20-40-5)31(42(6)7)26-18-24-19-27-32(43(8)9)34-30(37(41-48-34)47-21-23-15-13-12-14-16-23)36(46)39(27,49-50(10,11)38(2,3)4)35(45)29(24)33(44)28(22)26/h12-17,24,27,32,40,45H,18-21H2,1-11H3/t24-,27-,32-,39-/m0/s1. The zero-order valence-electron chi connectivity index (χ0n) is 31.4. The van der Waals surface area contributed by atoms with Crippen molar-refractivity contribution in [1.29, 1.82) is 0 Å². The molecule has 4 atom stereocenters. The maximum atomic E-state index is 15.4. The monoisotopic (exact) mass is 700 g/mol. The molecule has 0 saturated carbocycles. The number of rotatable bonds is 9. The van der Waals surface area contributed by atoms with Gasteiger partial charge in [0.15, 0.2) is 25.5 Å². The lowest BCUT2D eigenvalue weighted by atomic mass is 9.58. The number of aliphatic hydroxyl groups excluding tert-OH is 1. The number of allylic oxidation sites excluding steroid dienone is 1. The Morgan fingerprint density at radius 3 is 2.38 bits per heavy atom. The number of carbonyl (C=O) groups excluding carboxylic acids is 2. The van der Waals surface area contributed by atoms with E-state index in [1.54, 1.807) is 0 Å². The van der Waals surface area contributed by atoms with Crippen LogP contribution < -0.4 is 15.0 Å². The molecule has 0 spiro atoms. The zero-order valence-corrected chi connectivity index (χ0v) is 32.4. The highest BCUT2D eigenvalue weighted by atomic mass is 28.4. The summed E-state index contributed by atoms with van der Waals surface area (Å²) in [5.41, 5.74) is 4.04. The van der Waals surface area contributed by atoms with Crippen molar-refractivity contribution >= 4 is 25.6 Å². The van der Waals surface area contributed by atoms with Gasteiger partial charge in [0.1, 0.15) is 17.9 Å². The van der Waals surface area contributed by atoms with Gasteiger partial charge in [-0.3, -0.25) is 14.5 Å². The molecule has 0 unspecified atom stereocenters. The third kappa shape index (κ3) is 5.53. The number of nitrogens with one attached hydrogen (secondary N) is 1. The summed E-state index contributed by atoms with van der Waals surface area (Å²) in [4.78, 5) is 34.3. The van der Waals surface area contributed by atoms with Crippen LogP contribution in [-0.2, 0) is 24.0 Å². The van der Waals surface area contributed by atoms with Gasteiger partial charge in [-0.2, -0.15) is 0 Å². The second-order valence-corrected chi connectivity index (χ2v) is 20.9. The molecular formula is C39H52N4O6Si. The molecule has 2 N–H and O–H groups in total. The Balaban J connectivity index is 1.59. The molecule has 6 rings (SSSR count). The maximum Gasteiger partial charge on any atom is 0.265 e. The van der Waals surface area contributed by atoms with Crippen LogP contribution in [0.4, 0.5) is 5.69 Å². The van der Waals surface area contributed by atoms with Crippen molar-refractivity contribution < 1.29 is 28.4 Å². The Labute approximate surface area is 296 Å². The second-order valence-electron chi connectivity index (χ2n) is 16.2. The fourth-order valence-corrected chi connectivity index (χ4v) is 9.66. The first-order valence-corrected chi connectivity index (χ1v) is 20.4. The lowest BCUT2D eigenvalue weighted by molar-refractivity contribution is -0.0480.